The first kappa shape index (κ1) is 11.8. The highest BCUT2D eigenvalue weighted by atomic mass is 16.3. The minimum absolute atomic E-state index is 0.221. The smallest absolute Gasteiger partial charge is 0.179 e. The predicted molar refractivity (Wildman–Crippen MR) is 74.4 cm³/mol. The summed E-state index contributed by atoms with van der Waals surface area (Å²) in [5, 5.41) is 18.6. The molecule has 20 heavy (non-hydrogen) atoms. The summed E-state index contributed by atoms with van der Waals surface area (Å²) >= 11 is 0. The van der Waals surface area contributed by atoms with Gasteiger partial charge in [0.2, 0.25) is 0 Å². The molecular weight excluding hydrogens is 254 g/mol. The highest BCUT2D eigenvalue weighted by Gasteiger charge is 2.36. The van der Waals surface area contributed by atoms with Crippen molar-refractivity contribution in [3.05, 3.63) is 24.3 Å². The zero-order valence-electron chi connectivity index (χ0n) is 11.3. The largest absolute Gasteiger partial charge is 0.393 e. The highest BCUT2D eigenvalue weighted by Crippen LogP contribution is 2.41. The standard InChI is InChI=1S/C14H17N5O/c1-2-8-5-9(20)6-10(8)14-18-17-12-7-16-13-11(19(12)14)3-4-15-13/h3-4,7-10,15,20H,2,5-6H2,1H3/t8?,9?,10-/m0/s1. The van der Waals surface area contributed by atoms with Crippen molar-refractivity contribution >= 4 is 16.8 Å². The molecule has 0 bridgehead atoms. The normalized spacial score (nSPS) is 26.8. The second-order valence-corrected chi connectivity index (χ2v) is 5.62. The van der Waals surface area contributed by atoms with Gasteiger partial charge in [-0.3, -0.25) is 4.40 Å². The van der Waals surface area contributed by atoms with Crippen molar-refractivity contribution in [2.45, 2.75) is 38.2 Å². The number of aromatic nitrogens is 5. The minimum atomic E-state index is -0.221. The highest BCUT2D eigenvalue weighted by molar-refractivity contribution is 5.74. The van der Waals surface area contributed by atoms with E-state index in [1.54, 1.807) is 6.20 Å². The maximum atomic E-state index is 9.97. The van der Waals surface area contributed by atoms with Gasteiger partial charge in [0.1, 0.15) is 5.82 Å². The molecule has 1 saturated carbocycles. The second kappa shape index (κ2) is 4.28. The lowest BCUT2D eigenvalue weighted by Gasteiger charge is -2.15. The van der Waals surface area contributed by atoms with Crippen LogP contribution in [-0.2, 0) is 0 Å². The Morgan fingerprint density at radius 2 is 2.30 bits per heavy atom. The Morgan fingerprint density at radius 3 is 3.15 bits per heavy atom. The molecule has 0 amide bonds. The van der Waals surface area contributed by atoms with Crippen LogP contribution in [0.4, 0.5) is 0 Å². The number of H-pyrrole nitrogens is 1. The Hall–Kier alpha value is -1.95. The van der Waals surface area contributed by atoms with E-state index in [4.69, 9.17) is 0 Å². The third-order valence-electron chi connectivity index (χ3n) is 4.49. The first-order valence-electron chi connectivity index (χ1n) is 7.13. The van der Waals surface area contributed by atoms with Crippen molar-refractivity contribution in [1.29, 1.82) is 0 Å². The molecule has 4 rings (SSSR count). The average Bonchev–Trinajstić information content (AvgIpc) is 3.13. The minimum Gasteiger partial charge on any atom is -0.393 e. The lowest BCUT2D eigenvalue weighted by atomic mass is 9.93. The fraction of sp³-hybridized carbons (Fsp3) is 0.500. The molecule has 2 N–H and O–H groups in total. The van der Waals surface area contributed by atoms with E-state index in [2.05, 4.69) is 31.5 Å². The summed E-state index contributed by atoms with van der Waals surface area (Å²) in [6, 6.07) is 1.99. The number of rotatable bonds is 2. The van der Waals surface area contributed by atoms with Crippen molar-refractivity contribution < 1.29 is 5.11 Å². The lowest BCUT2D eigenvalue weighted by Crippen LogP contribution is -2.09. The van der Waals surface area contributed by atoms with Gasteiger partial charge in [0.15, 0.2) is 11.3 Å². The van der Waals surface area contributed by atoms with Gasteiger partial charge >= 0.3 is 0 Å². The van der Waals surface area contributed by atoms with Gasteiger partial charge < -0.3 is 10.1 Å². The number of aromatic amines is 1. The molecule has 0 saturated heterocycles. The molecule has 3 atom stereocenters. The van der Waals surface area contributed by atoms with Crippen molar-refractivity contribution in [1.82, 2.24) is 24.6 Å². The zero-order chi connectivity index (χ0) is 13.7. The average molecular weight is 271 g/mol. The summed E-state index contributed by atoms with van der Waals surface area (Å²) in [5.74, 6) is 1.69. The fourth-order valence-corrected chi connectivity index (χ4v) is 3.50. The van der Waals surface area contributed by atoms with Crippen LogP contribution in [0.15, 0.2) is 18.5 Å². The van der Waals surface area contributed by atoms with Crippen LogP contribution in [0.3, 0.4) is 0 Å². The van der Waals surface area contributed by atoms with E-state index in [1.165, 1.54) is 0 Å². The summed E-state index contributed by atoms with van der Waals surface area (Å²) in [4.78, 5) is 7.45. The Bertz CT molecular complexity index is 761. The van der Waals surface area contributed by atoms with Crippen LogP contribution >= 0.6 is 0 Å². The summed E-state index contributed by atoms with van der Waals surface area (Å²) in [6.07, 6.45) is 6.08. The number of nitrogens with one attached hydrogen (secondary N) is 1. The Morgan fingerprint density at radius 1 is 1.40 bits per heavy atom. The number of aliphatic hydroxyl groups is 1. The van der Waals surface area contributed by atoms with Gasteiger partial charge in [0, 0.05) is 12.1 Å². The molecule has 104 valence electrons. The van der Waals surface area contributed by atoms with Crippen LogP contribution in [-0.4, -0.2) is 35.8 Å². The van der Waals surface area contributed by atoms with Gasteiger partial charge in [-0.05, 0) is 24.8 Å². The molecular formula is C14H17N5O. The van der Waals surface area contributed by atoms with Crippen molar-refractivity contribution in [2.75, 3.05) is 0 Å². The van der Waals surface area contributed by atoms with Gasteiger partial charge in [0.25, 0.3) is 0 Å². The van der Waals surface area contributed by atoms with E-state index in [0.717, 1.165) is 41.9 Å². The van der Waals surface area contributed by atoms with E-state index < -0.39 is 0 Å². The van der Waals surface area contributed by atoms with Crippen LogP contribution < -0.4 is 0 Å². The maximum Gasteiger partial charge on any atom is 0.179 e. The van der Waals surface area contributed by atoms with Crippen molar-refractivity contribution in [3.8, 4) is 0 Å². The predicted octanol–water partition coefficient (Wildman–Crippen LogP) is 1.87. The first-order valence-corrected chi connectivity index (χ1v) is 7.13. The molecule has 3 aromatic rings. The summed E-state index contributed by atoms with van der Waals surface area (Å²) < 4.78 is 2.07. The van der Waals surface area contributed by atoms with Crippen LogP contribution in [0, 0.1) is 5.92 Å². The van der Waals surface area contributed by atoms with Gasteiger partial charge in [-0.25, -0.2) is 4.98 Å². The second-order valence-electron chi connectivity index (χ2n) is 5.62. The Kier molecular flexibility index (Phi) is 2.53. The van der Waals surface area contributed by atoms with E-state index in [1.807, 2.05) is 12.3 Å². The molecule has 0 radical (unpaired) electrons. The molecule has 3 aromatic heterocycles. The quantitative estimate of drug-likeness (QED) is 0.745. The summed E-state index contributed by atoms with van der Waals surface area (Å²) in [5.41, 5.74) is 2.60. The van der Waals surface area contributed by atoms with Gasteiger partial charge in [-0.1, -0.05) is 13.3 Å². The van der Waals surface area contributed by atoms with Crippen LogP contribution in [0.1, 0.15) is 37.9 Å². The number of hydrogen-bond acceptors (Lipinski definition) is 4. The molecule has 1 fully saturated rings. The van der Waals surface area contributed by atoms with E-state index in [0.29, 0.717) is 5.92 Å². The molecule has 0 aromatic carbocycles. The number of aliphatic hydroxyl groups excluding tert-OH is 1. The topological polar surface area (TPSA) is 79.1 Å². The fourth-order valence-electron chi connectivity index (χ4n) is 3.50. The molecule has 3 heterocycles. The van der Waals surface area contributed by atoms with E-state index in [9.17, 15) is 5.11 Å². The van der Waals surface area contributed by atoms with Crippen LogP contribution in [0.2, 0.25) is 0 Å². The van der Waals surface area contributed by atoms with Gasteiger partial charge in [-0.2, -0.15) is 0 Å². The van der Waals surface area contributed by atoms with Gasteiger partial charge in [0.05, 0.1) is 17.8 Å². The molecule has 0 aliphatic heterocycles. The molecule has 1 aliphatic rings. The number of fused-ring (bicyclic) bond motifs is 3. The summed E-state index contributed by atoms with van der Waals surface area (Å²) in [6.45, 7) is 2.17. The first-order chi connectivity index (χ1) is 9.78. The number of nitrogens with zero attached hydrogens (tertiary/aromatic N) is 4. The van der Waals surface area contributed by atoms with Crippen LogP contribution in [0.25, 0.3) is 16.8 Å². The third-order valence-corrected chi connectivity index (χ3v) is 4.49. The van der Waals surface area contributed by atoms with E-state index >= 15 is 0 Å². The zero-order valence-corrected chi connectivity index (χ0v) is 11.3. The maximum absolute atomic E-state index is 9.97. The van der Waals surface area contributed by atoms with E-state index in [-0.39, 0.29) is 12.0 Å². The monoisotopic (exact) mass is 271 g/mol. The molecule has 6 heteroatoms. The third kappa shape index (κ3) is 1.57. The lowest BCUT2D eigenvalue weighted by molar-refractivity contribution is 0.176. The van der Waals surface area contributed by atoms with Crippen molar-refractivity contribution in [2.24, 2.45) is 5.92 Å². The molecule has 1 aliphatic carbocycles. The Balaban J connectivity index is 1.93. The van der Waals surface area contributed by atoms with Crippen LogP contribution in [0.5, 0.6) is 0 Å². The number of hydrogen-bond donors (Lipinski definition) is 2. The molecule has 6 nitrogen and oxygen atoms in total. The SMILES string of the molecule is CCC1CC(O)C[C@@H]1c1nnc2cnc3[nH]ccc3n12. The van der Waals surface area contributed by atoms with Crippen molar-refractivity contribution in [3.63, 3.8) is 0 Å². The molecule has 0 spiro atoms. The Labute approximate surface area is 115 Å². The summed E-state index contributed by atoms with van der Waals surface area (Å²) in [7, 11) is 0. The van der Waals surface area contributed by atoms with Gasteiger partial charge in [-0.15, -0.1) is 10.2 Å². The molecule has 2 unspecified atom stereocenters.